The highest BCUT2D eigenvalue weighted by Crippen LogP contribution is 2.36. The lowest BCUT2D eigenvalue weighted by molar-refractivity contribution is -0.124. The van der Waals surface area contributed by atoms with E-state index in [4.69, 9.17) is 10.1 Å². The lowest BCUT2D eigenvalue weighted by Crippen LogP contribution is -2.22. The lowest BCUT2D eigenvalue weighted by Gasteiger charge is -2.15. The second-order valence-electron chi connectivity index (χ2n) is 9.15. The molecule has 4 aromatic rings. The molecule has 0 spiro atoms. The number of rotatable bonds is 8. The Bertz CT molecular complexity index is 1320. The molecule has 1 aliphatic carbocycles. The topological polar surface area (TPSA) is 76.4 Å². The fourth-order valence-corrected chi connectivity index (χ4v) is 4.22. The molecular formula is C28H28N4O2. The van der Waals surface area contributed by atoms with Gasteiger partial charge in [-0.05, 0) is 42.7 Å². The Morgan fingerprint density at radius 2 is 1.71 bits per heavy atom. The van der Waals surface area contributed by atoms with Gasteiger partial charge in [-0.15, -0.1) is 0 Å². The van der Waals surface area contributed by atoms with Crippen molar-refractivity contribution in [3.63, 3.8) is 0 Å². The number of amides is 1. The van der Waals surface area contributed by atoms with Gasteiger partial charge < -0.3 is 5.32 Å². The molecule has 6 heteroatoms. The zero-order chi connectivity index (χ0) is 23.7. The van der Waals surface area contributed by atoms with Crippen molar-refractivity contribution in [2.75, 3.05) is 0 Å². The van der Waals surface area contributed by atoms with Crippen molar-refractivity contribution in [2.24, 2.45) is 11.8 Å². The van der Waals surface area contributed by atoms with Gasteiger partial charge in [0.1, 0.15) is 5.78 Å². The first-order valence-electron chi connectivity index (χ1n) is 11.8. The molecule has 172 valence electrons. The first-order chi connectivity index (χ1) is 16.5. The van der Waals surface area contributed by atoms with E-state index in [0.29, 0.717) is 23.7 Å². The predicted molar refractivity (Wildman–Crippen MR) is 131 cm³/mol. The summed E-state index contributed by atoms with van der Waals surface area (Å²) in [6.07, 6.45) is 2.03. The number of hydrogen-bond donors (Lipinski definition) is 1. The van der Waals surface area contributed by atoms with E-state index in [1.807, 2.05) is 91.2 Å². The molecule has 6 nitrogen and oxygen atoms in total. The molecule has 0 aliphatic heterocycles. The van der Waals surface area contributed by atoms with Crippen LogP contribution in [0.15, 0.2) is 72.8 Å². The first-order valence-corrected chi connectivity index (χ1v) is 11.8. The number of benzene rings is 2. The highest BCUT2D eigenvalue weighted by molar-refractivity contribution is 5.94. The molecule has 1 amide bonds. The first kappa shape index (κ1) is 22.0. The summed E-state index contributed by atoms with van der Waals surface area (Å²) in [6.45, 7) is 4.50. The predicted octanol–water partition coefficient (Wildman–Crippen LogP) is 5.05. The summed E-state index contributed by atoms with van der Waals surface area (Å²) in [7, 11) is 0. The Balaban J connectivity index is 1.34. The van der Waals surface area contributed by atoms with Crippen LogP contribution in [0, 0.1) is 11.8 Å². The summed E-state index contributed by atoms with van der Waals surface area (Å²) in [5, 5.41) is 7.72. The van der Waals surface area contributed by atoms with Crippen LogP contribution < -0.4 is 5.32 Å². The van der Waals surface area contributed by atoms with Crippen LogP contribution in [0.4, 0.5) is 0 Å². The third-order valence-corrected chi connectivity index (χ3v) is 6.70. The standard InChI is InChI=1S/C28H28N4O2/c1-18(26(33)22-13-14-22)19(2)27-30-25-10-6-9-24(32(25)31-27)21-11-15-23(16-12-21)28(34)29-17-20-7-4-3-5-8-20/h3-12,15-16,18-19,22H,13-14,17H2,1-2H3,(H,29,34). The molecule has 0 bridgehead atoms. The number of ketones is 1. The fourth-order valence-electron chi connectivity index (χ4n) is 4.22. The quantitative estimate of drug-likeness (QED) is 0.406. The summed E-state index contributed by atoms with van der Waals surface area (Å²) in [5.74, 6) is 0.991. The highest BCUT2D eigenvalue weighted by Gasteiger charge is 2.36. The number of pyridine rings is 1. The average Bonchev–Trinajstić information content (AvgIpc) is 3.64. The molecule has 5 rings (SSSR count). The molecule has 1 fully saturated rings. The van der Waals surface area contributed by atoms with Gasteiger partial charge in [0.25, 0.3) is 5.91 Å². The van der Waals surface area contributed by atoms with Crippen LogP contribution in [-0.2, 0) is 11.3 Å². The highest BCUT2D eigenvalue weighted by atomic mass is 16.1. The molecule has 34 heavy (non-hydrogen) atoms. The summed E-state index contributed by atoms with van der Waals surface area (Å²) >= 11 is 0. The molecule has 1 aliphatic rings. The Morgan fingerprint density at radius 1 is 0.971 bits per heavy atom. The summed E-state index contributed by atoms with van der Waals surface area (Å²) in [5.41, 5.74) is 4.24. The minimum atomic E-state index is -0.111. The molecule has 2 aromatic carbocycles. The van der Waals surface area contributed by atoms with Crippen LogP contribution in [0.1, 0.15) is 54.4 Å². The van der Waals surface area contributed by atoms with Gasteiger partial charge in [0.15, 0.2) is 11.5 Å². The molecule has 0 saturated heterocycles. The van der Waals surface area contributed by atoms with Crippen LogP contribution in [0.5, 0.6) is 0 Å². The minimum Gasteiger partial charge on any atom is -0.348 e. The van der Waals surface area contributed by atoms with Gasteiger partial charge in [-0.1, -0.05) is 62.4 Å². The number of carbonyl (C=O) groups excluding carboxylic acids is 2. The second-order valence-corrected chi connectivity index (χ2v) is 9.15. The molecule has 1 N–H and O–H groups in total. The number of hydrogen-bond acceptors (Lipinski definition) is 4. The van der Waals surface area contributed by atoms with Crippen molar-refractivity contribution in [1.82, 2.24) is 19.9 Å². The second kappa shape index (κ2) is 9.21. The number of nitrogens with one attached hydrogen (secondary N) is 1. The zero-order valence-corrected chi connectivity index (χ0v) is 19.4. The van der Waals surface area contributed by atoms with E-state index in [1.54, 1.807) is 0 Å². The van der Waals surface area contributed by atoms with Crippen molar-refractivity contribution in [1.29, 1.82) is 0 Å². The lowest BCUT2D eigenvalue weighted by atomic mass is 9.89. The van der Waals surface area contributed by atoms with E-state index >= 15 is 0 Å². The minimum absolute atomic E-state index is 0.0449. The average molecular weight is 453 g/mol. The van der Waals surface area contributed by atoms with Gasteiger partial charge in [-0.25, -0.2) is 9.50 Å². The Kier molecular flexibility index (Phi) is 5.97. The third kappa shape index (κ3) is 4.49. The van der Waals surface area contributed by atoms with E-state index < -0.39 is 0 Å². The number of aromatic nitrogens is 3. The molecule has 2 atom stereocenters. The summed E-state index contributed by atoms with van der Waals surface area (Å²) in [6, 6.07) is 23.2. The smallest absolute Gasteiger partial charge is 0.251 e. The van der Waals surface area contributed by atoms with Crippen LogP contribution in [0.3, 0.4) is 0 Å². The van der Waals surface area contributed by atoms with Crippen molar-refractivity contribution >= 4 is 17.3 Å². The van der Waals surface area contributed by atoms with Crippen molar-refractivity contribution in [2.45, 2.75) is 39.2 Å². The van der Waals surface area contributed by atoms with Gasteiger partial charge in [0.2, 0.25) is 0 Å². The van der Waals surface area contributed by atoms with Crippen molar-refractivity contribution < 1.29 is 9.59 Å². The molecule has 2 aromatic heterocycles. The monoisotopic (exact) mass is 452 g/mol. The molecule has 1 saturated carbocycles. The third-order valence-electron chi connectivity index (χ3n) is 6.70. The number of Topliss-reactive ketones (excluding diaryl/α,β-unsaturated/α-hetero) is 1. The molecule has 2 unspecified atom stereocenters. The maximum absolute atomic E-state index is 12.6. The van der Waals surface area contributed by atoms with Crippen LogP contribution in [-0.4, -0.2) is 26.3 Å². The molecular weight excluding hydrogens is 424 g/mol. The van der Waals surface area contributed by atoms with Gasteiger partial charge in [0, 0.05) is 35.4 Å². The van der Waals surface area contributed by atoms with Gasteiger partial charge >= 0.3 is 0 Å². The van der Waals surface area contributed by atoms with E-state index in [1.165, 1.54) is 0 Å². The SMILES string of the molecule is CC(C(=O)C1CC1)C(C)c1nc2cccc(-c3ccc(C(=O)NCc4ccccc4)cc3)n2n1. The normalized spacial score (nSPS) is 15.1. The van der Waals surface area contributed by atoms with Crippen LogP contribution in [0.25, 0.3) is 16.9 Å². The van der Waals surface area contributed by atoms with E-state index in [-0.39, 0.29) is 23.7 Å². The number of carbonyl (C=O) groups is 2. The van der Waals surface area contributed by atoms with Gasteiger partial charge in [-0.3, -0.25) is 9.59 Å². The zero-order valence-electron chi connectivity index (χ0n) is 19.4. The van der Waals surface area contributed by atoms with Crippen LogP contribution in [0.2, 0.25) is 0 Å². The molecule has 0 radical (unpaired) electrons. The Labute approximate surface area is 199 Å². The summed E-state index contributed by atoms with van der Waals surface area (Å²) in [4.78, 5) is 29.8. The maximum atomic E-state index is 12.6. The number of fused-ring (bicyclic) bond motifs is 1. The van der Waals surface area contributed by atoms with Gasteiger partial charge in [0.05, 0.1) is 5.69 Å². The van der Waals surface area contributed by atoms with Crippen LogP contribution >= 0.6 is 0 Å². The van der Waals surface area contributed by atoms with Crippen molar-refractivity contribution in [3.05, 3.63) is 89.7 Å². The van der Waals surface area contributed by atoms with Crippen molar-refractivity contribution in [3.8, 4) is 11.3 Å². The number of nitrogens with zero attached hydrogens (tertiary/aromatic N) is 3. The van der Waals surface area contributed by atoms with Gasteiger partial charge in [-0.2, -0.15) is 5.10 Å². The summed E-state index contributed by atoms with van der Waals surface area (Å²) < 4.78 is 1.82. The Morgan fingerprint density at radius 3 is 2.41 bits per heavy atom. The Hall–Kier alpha value is -3.80. The fraction of sp³-hybridized carbons (Fsp3) is 0.286. The largest absolute Gasteiger partial charge is 0.348 e. The molecule has 2 heterocycles. The maximum Gasteiger partial charge on any atom is 0.251 e. The van der Waals surface area contributed by atoms with E-state index in [0.717, 1.165) is 35.3 Å². The van der Waals surface area contributed by atoms with E-state index in [2.05, 4.69) is 5.32 Å². The van der Waals surface area contributed by atoms with E-state index in [9.17, 15) is 9.59 Å².